The van der Waals surface area contributed by atoms with Gasteiger partial charge in [0.05, 0.1) is 17.6 Å². The van der Waals surface area contributed by atoms with E-state index in [-0.39, 0.29) is 27.9 Å². The molecule has 0 aliphatic rings. The number of carbonyl (C=O) groups is 2. The number of fused-ring (bicyclic) bond motifs is 1. The van der Waals surface area contributed by atoms with E-state index in [2.05, 4.69) is 0 Å². The molecule has 3 rings (SSSR count). The molecule has 0 saturated carbocycles. The number of carbonyl (C=O) groups excluding carboxylic acids is 2. The second kappa shape index (κ2) is 8.39. The molecular formula is C21H18O7. The third-order valence-electron chi connectivity index (χ3n) is 3.73. The van der Waals surface area contributed by atoms with Crippen LogP contribution in [0.5, 0.6) is 17.2 Å². The largest absolute Gasteiger partial charge is 0.462 e. The molecule has 2 aromatic carbocycles. The van der Waals surface area contributed by atoms with Crippen molar-refractivity contribution in [2.75, 3.05) is 6.61 Å². The topological polar surface area (TPSA) is 92.0 Å². The van der Waals surface area contributed by atoms with Gasteiger partial charge in [0.1, 0.15) is 23.3 Å². The van der Waals surface area contributed by atoms with E-state index in [0.717, 1.165) is 6.42 Å². The first-order valence-corrected chi connectivity index (χ1v) is 8.67. The first kappa shape index (κ1) is 19.2. The summed E-state index contributed by atoms with van der Waals surface area (Å²) < 4.78 is 21.1. The van der Waals surface area contributed by atoms with Crippen LogP contribution in [0.4, 0.5) is 0 Å². The van der Waals surface area contributed by atoms with Crippen molar-refractivity contribution in [3.05, 3.63) is 64.5 Å². The SMILES string of the molecule is CCCOC(=O)c1ccc(Oc2coc3cc(OC(C)=O)ccc3c2=O)cc1. The van der Waals surface area contributed by atoms with Gasteiger partial charge in [-0.1, -0.05) is 6.92 Å². The molecule has 0 saturated heterocycles. The summed E-state index contributed by atoms with van der Waals surface area (Å²) in [6.45, 7) is 3.55. The first-order chi connectivity index (χ1) is 13.5. The third-order valence-corrected chi connectivity index (χ3v) is 3.73. The predicted octanol–water partition coefficient (Wildman–Crippen LogP) is 4.08. The maximum absolute atomic E-state index is 12.6. The second-order valence-corrected chi connectivity index (χ2v) is 5.94. The summed E-state index contributed by atoms with van der Waals surface area (Å²) in [7, 11) is 0. The van der Waals surface area contributed by atoms with Gasteiger partial charge >= 0.3 is 11.9 Å². The van der Waals surface area contributed by atoms with Crippen molar-refractivity contribution in [2.45, 2.75) is 20.3 Å². The average Bonchev–Trinajstić information content (AvgIpc) is 2.68. The van der Waals surface area contributed by atoms with Crippen LogP contribution in [0.3, 0.4) is 0 Å². The molecule has 0 atom stereocenters. The fraction of sp³-hybridized carbons (Fsp3) is 0.190. The van der Waals surface area contributed by atoms with E-state index < -0.39 is 11.9 Å². The molecule has 1 heterocycles. The number of ether oxygens (including phenoxy) is 3. The molecule has 3 aromatic rings. The Morgan fingerprint density at radius 3 is 2.43 bits per heavy atom. The quantitative estimate of drug-likeness (QED) is 0.468. The summed E-state index contributed by atoms with van der Waals surface area (Å²) in [5, 5.41) is 0.285. The number of hydrogen-bond acceptors (Lipinski definition) is 7. The van der Waals surface area contributed by atoms with E-state index in [1.165, 1.54) is 31.4 Å². The van der Waals surface area contributed by atoms with Crippen molar-refractivity contribution < 1.29 is 28.2 Å². The number of rotatable bonds is 6. The van der Waals surface area contributed by atoms with Crippen LogP contribution < -0.4 is 14.9 Å². The molecular weight excluding hydrogens is 364 g/mol. The van der Waals surface area contributed by atoms with Crippen molar-refractivity contribution in [2.24, 2.45) is 0 Å². The van der Waals surface area contributed by atoms with Crippen LogP contribution in [0.1, 0.15) is 30.6 Å². The average molecular weight is 382 g/mol. The van der Waals surface area contributed by atoms with Gasteiger partial charge in [-0.25, -0.2) is 4.79 Å². The van der Waals surface area contributed by atoms with Crippen LogP contribution in [0.15, 0.2) is 57.9 Å². The van der Waals surface area contributed by atoms with Gasteiger partial charge in [0, 0.05) is 13.0 Å². The molecule has 28 heavy (non-hydrogen) atoms. The highest BCUT2D eigenvalue weighted by molar-refractivity contribution is 5.89. The summed E-state index contributed by atoms with van der Waals surface area (Å²) >= 11 is 0. The van der Waals surface area contributed by atoms with E-state index >= 15 is 0 Å². The highest BCUT2D eigenvalue weighted by atomic mass is 16.5. The van der Waals surface area contributed by atoms with Crippen LogP contribution >= 0.6 is 0 Å². The summed E-state index contributed by atoms with van der Waals surface area (Å²) in [5.41, 5.74) is 0.288. The number of esters is 2. The Labute approximate surface area is 160 Å². The summed E-state index contributed by atoms with van der Waals surface area (Å²) in [6, 6.07) is 10.7. The van der Waals surface area contributed by atoms with Crippen LogP contribution in [0, 0.1) is 0 Å². The van der Waals surface area contributed by atoms with Gasteiger partial charge in [0.25, 0.3) is 0 Å². The number of hydrogen-bond donors (Lipinski definition) is 0. The van der Waals surface area contributed by atoms with Gasteiger partial charge in [0.15, 0.2) is 0 Å². The van der Waals surface area contributed by atoms with E-state index in [1.807, 2.05) is 6.92 Å². The molecule has 0 radical (unpaired) electrons. The Morgan fingerprint density at radius 1 is 1.04 bits per heavy atom. The van der Waals surface area contributed by atoms with Gasteiger partial charge in [-0.2, -0.15) is 0 Å². The van der Waals surface area contributed by atoms with Gasteiger partial charge in [-0.15, -0.1) is 0 Å². The fourth-order valence-corrected chi connectivity index (χ4v) is 2.45. The molecule has 0 aliphatic carbocycles. The van der Waals surface area contributed by atoms with Crippen LogP contribution in [-0.4, -0.2) is 18.5 Å². The van der Waals surface area contributed by atoms with E-state index in [4.69, 9.17) is 18.6 Å². The second-order valence-electron chi connectivity index (χ2n) is 5.94. The molecule has 0 fully saturated rings. The summed E-state index contributed by atoms with van der Waals surface area (Å²) in [4.78, 5) is 35.4. The fourth-order valence-electron chi connectivity index (χ4n) is 2.45. The Kier molecular flexibility index (Phi) is 5.74. The van der Waals surface area contributed by atoms with Crippen molar-refractivity contribution in [1.82, 2.24) is 0 Å². The normalized spacial score (nSPS) is 10.5. The van der Waals surface area contributed by atoms with Crippen molar-refractivity contribution in [3.63, 3.8) is 0 Å². The smallest absolute Gasteiger partial charge is 0.338 e. The molecule has 0 amide bonds. The van der Waals surface area contributed by atoms with E-state index in [0.29, 0.717) is 17.9 Å². The minimum Gasteiger partial charge on any atom is -0.462 e. The maximum Gasteiger partial charge on any atom is 0.338 e. The first-order valence-electron chi connectivity index (χ1n) is 8.67. The van der Waals surface area contributed by atoms with Gasteiger partial charge in [-0.3, -0.25) is 9.59 Å². The lowest BCUT2D eigenvalue weighted by atomic mass is 10.2. The van der Waals surface area contributed by atoms with Crippen LogP contribution in [0.2, 0.25) is 0 Å². The molecule has 0 bridgehead atoms. The van der Waals surface area contributed by atoms with E-state index in [1.54, 1.807) is 24.3 Å². The summed E-state index contributed by atoms with van der Waals surface area (Å²) in [6.07, 6.45) is 1.93. The van der Waals surface area contributed by atoms with Crippen LogP contribution in [-0.2, 0) is 9.53 Å². The molecule has 144 valence electrons. The third kappa shape index (κ3) is 4.37. The zero-order valence-corrected chi connectivity index (χ0v) is 15.4. The summed E-state index contributed by atoms with van der Waals surface area (Å²) in [5.74, 6) is -0.238. The van der Waals surface area contributed by atoms with Crippen molar-refractivity contribution >= 4 is 22.9 Å². The lowest BCUT2D eigenvalue weighted by Crippen LogP contribution is -2.07. The van der Waals surface area contributed by atoms with E-state index in [9.17, 15) is 14.4 Å². The molecule has 1 aromatic heterocycles. The molecule has 0 N–H and O–H groups in total. The lowest BCUT2D eigenvalue weighted by molar-refractivity contribution is -0.131. The van der Waals surface area contributed by atoms with Crippen molar-refractivity contribution in [3.8, 4) is 17.2 Å². The molecule has 7 nitrogen and oxygen atoms in total. The minimum absolute atomic E-state index is 0.00551. The van der Waals surface area contributed by atoms with Gasteiger partial charge in [-0.05, 0) is 42.8 Å². The van der Waals surface area contributed by atoms with Gasteiger partial charge in [0.2, 0.25) is 11.2 Å². The lowest BCUT2D eigenvalue weighted by Gasteiger charge is -2.07. The highest BCUT2D eigenvalue weighted by Gasteiger charge is 2.12. The Hall–Kier alpha value is -3.61. The molecule has 7 heteroatoms. The monoisotopic (exact) mass is 382 g/mol. The predicted molar refractivity (Wildman–Crippen MR) is 101 cm³/mol. The maximum atomic E-state index is 12.6. The standard InChI is InChI=1S/C21H18O7/c1-3-10-25-21(24)14-4-6-15(7-5-14)28-19-12-26-18-11-16(27-13(2)22)8-9-17(18)20(19)23/h4-9,11-12H,3,10H2,1-2H3. The zero-order chi connectivity index (χ0) is 20.1. The van der Waals surface area contributed by atoms with Crippen molar-refractivity contribution in [1.29, 1.82) is 0 Å². The minimum atomic E-state index is -0.469. The Morgan fingerprint density at radius 2 is 1.75 bits per heavy atom. The highest BCUT2D eigenvalue weighted by Crippen LogP contribution is 2.24. The zero-order valence-electron chi connectivity index (χ0n) is 15.4. The Balaban J connectivity index is 1.80. The number of benzene rings is 2. The molecule has 0 spiro atoms. The molecule has 0 aliphatic heterocycles. The van der Waals surface area contributed by atoms with Crippen LogP contribution in [0.25, 0.3) is 11.0 Å². The Bertz CT molecular complexity index is 1060. The van der Waals surface area contributed by atoms with Gasteiger partial charge < -0.3 is 18.6 Å². The molecule has 0 unspecified atom stereocenters.